The van der Waals surface area contributed by atoms with Crippen molar-refractivity contribution in [2.45, 2.75) is 26.4 Å². The molecular weight excluding hydrogens is 450 g/mol. The number of rotatable bonds is 4. The van der Waals surface area contributed by atoms with Crippen molar-refractivity contribution < 1.29 is 9.21 Å². The average Bonchev–Trinajstić information content (AvgIpc) is 3.34. The molecule has 1 aliphatic heterocycles. The van der Waals surface area contributed by atoms with Gasteiger partial charge in [0.15, 0.2) is 0 Å². The van der Waals surface area contributed by atoms with Gasteiger partial charge in [-0.3, -0.25) is 9.69 Å². The van der Waals surface area contributed by atoms with E-state index in [0.29, 0.717) is 30.4 Å². The lowest BCUT2D eigenvalue weighted by molar-refractivity contribution is 0.0720. The first-order valence-corrected chi connectivity index (χ1v) is 12.4. The van der Waals surface area contributed by atoms with E-state index in [1.807, 2.05) is 47.4 Å². The van der Waals surface area contributed by atoms with Gasteiger partial charge < -0.3 is 14.6 Å². The Hall–Kier alpha value is -3.97. The second-order valence-electron chi connectivity index (χ2n) is 9.13. The van der Waals surface area contributed by atoms with Crippen LogP contribution >= 0.6 is 0 Å². The predicted octanol–water partition coefficient (Wildman–Crippen LogP) is 5.01. The molecule has 3 aromatic carbocycles. The number of hydrogen-bond acceptors (Lipinski definition) is 6. The molecule has 0 saturated carbocycles. The van der Waals surface area contributed by atoms with Gasteiger partial charge in [-0.2, -0.15) is 0 Å². The summed E-state index contributed by atoms with van der Waals surface area (Å²) < 4.78 is 5.52. The Kier molecular flexibility index (Phi) is 7.38. The van der Waals surface area contributed by atoms with E-state index in [4.69, 9.17) is 4.42 Å². The summed E-state index contributed by atoms with van der Waals surface area (Å²) in [7, 11) is 0. The number of amides is 1. The maximum atomic E-state index is 13.7. The fraction of sp³-hybridized carbons (Fsp3) is 0.276. The molecule has 7 heteroatoms. The molecule has 0 radical (unpaired) electrons. The molecule has 7 nitrogen and oxygen atoms in total. The first-order chi connectivity index (χ1) is 17.7. The standard InChI is InChI=1S/C29H31N5O2/c1-22-31-32-28(36-22)24-12-14-25(15-13-24)29(35)34-19-18-33(20-23-8-3-2-4-9-23)17-7-16-30-27-11-6-5-10-26(27)21-34/h2-6,8-15,30H,7,16-21H2,1H3. The van der Waals surface area contributed by atoms with Crippen molar-refractivity contribution in [2.24, 2.45) is 0 Å². The molecule has 0 unspecified atom stereocenters. The second kappa shape index (κ2) is 11.2. The number of nitrogens with zero attached hydrogens (tertiary/aromatic N) is 4. The Morgan fingerprint density at radius 1 is 0.917 bits per heavy atom. The van der Waals surface area contributed by atoms with E-state index in [-0.39, 0.29) is 5.91 Å². The number of nitrogens with one attached hydrogen (secondary N) is 1. The van der Waals surface area contributed by atoms with Gasteiger partial charge in [-0.1, -0.05) is 48.5 Å². The normalized spacial score (nSPS) is 15.0. The highest BCUT2D eigenvalue weighted by Crippen LogP contribution is 2.22. The smallest absolute Gasteiger partial charge is 0.254 e. The van der Waals surface area contributed by atoms with Crippen molar-refractivity contribution in [3.63, 3.8) is 0 Å². The topological polar surface area (TPSA) is 74.5 Å². The predicted molar refractivity (Wildman–Crippen MR) is 140 cm³/mol. The molecular formula is C29H31N5O2. The molecule has 5 rings (SSSR count). The summed E-state index contributed by atoms with van der Waals surface area (Å²) in [4.78, 5) is 18.1. The zero-order chi connectivity index (χ0) is 24.7. The van der Waals surface area contributed by atoms with Crippen LogP contribution in [0, 0.1) is 6.92 Å². The van der Waals surface area contributed by atoms with E-state index in [1.54, 1.807) is 6.92 Å². The summed E-state index contributed by atoms with van der Waals surface area (Å²) in [6.45, 7) is 6.49. The molecule has 0 fully saturated rings. The van der Waals surface area contributed by atoms with Crippen molar-refractivity contribution in [1.29, 1.82) is 0 Å². The number of fused-ring (bicyclic) bond motifs is 1. The lowest BCUT2D eigenvalue weighted by Gasteiger charge is -2.28. The molecule has 0 saturated heterocycles. The molecule has 1 aliphatic rings. The van der Waals surface area contributed by atoms with Crippen LogP contribution in [0.2, 0.25) is 0 Å². The van der Waals surface area contributed by atoms with Crippen molar-refractivity contribution in [3.05, 3.63) is 101 Å². The molecule has 0 bridgehead atoms. The second-order valence-corrected chi connectivity index (χ2v) is 9.13. The van der Waals surface area contributed by atoms with E-state index < -0.39 is 0 Å². The maximum Gasteiger partial charge on any atom is 0.254 e. The Morgan fingerprint density at radius 2 is 1.69 bits per heavy atom. The molecule has 2 heterocycles. The van der Waals surface area contributed by atoms with E-state index in [0.717, 1.165) is 49.4 Å². The fourth-order valence-corrected chi connectivity index (χ4v) is 4.54. The highest BCUT2D eigenvalue weighted by molar-refractivity contribution is 5.94. The lowest BCUT2D eigenvalue weighted by Crippen LogP contribution is -2.38. The summed E-state index contributed by atoms with van der Waals surface area (Å²) in [5, 5.41) is 11.6. The van der Waals surface area contributed by atoms with Gasteiger partial charge in [0.2, 0.25) is 11.8 Å². The summed E-state index contributed by atoms with van der Waals surface area (Å²) in [5.74, 6) is 0.983. The molecule has 184 valence electrons. The minimum atomic E-state index is 0.0111. The van der Waals surface area contributed by atoms with Crippen LogP contribution in [0.15, 0.2) is 83.3 Å². The summed E-state index contributed by atoms with van der Waals surface area (Å²) in [6.07, 6.45) is 1.03. The van der Waals surface area contributed by atoms with Crippen molar-refractivity contribution in [2.75, 3.05) is 31.5 Å². The van der Waals surface area contributed by atoms with Crippen LogP contribution in [0.5, 0.6) is 0 Å². The average molecular weight is 482 g/mol. The number of anilines is 1. The van der Waals surface area contributed by atoms with Gasteiger partial charge in [-0.25, -0.2) is 0 Å². The van der Waals surface area contributed by atoms with Gasteiger partial charge in [0.05, 0.1) is 0 Å². The van der Waals surface area contributed by atoms with Gasteiger partial charge in [0.1, 0.15) is 0 Å². The van der Waals surface area contributed by atoms with Crippen LogP contribution < -0.4 is 5.32 Å². The summed E-state index contributed by atoms with van der Waals surface area (Å²) >= 11 is 0. The monoisotopic (exact) mass is 481 g/mol. The molecule has 1 amide bonds. The summed E-state index contributed by atoms with van der Waals surface area (Å²) in [6, 6.07) is 26.2. The van der Waals surface area contributed by atoms with E-state index in [1.165, 1.54) is 5.56 Å². The maximum absolute atomic E-state index is 13.7. The fourth-order valence-electron chi connectivity index (χ4n) is 4.54. The number of para-hydroxylation sites is 1. The number of aryl methyl sites for hydroxylation is 1. The highest BCUT2D eigenvalue weighted by Gasteiger charge is 2.20. The van der Waals surface area contributed by atoms with Crippen molar-refractivity contribution >= 4 is 11.6 Å². The number of carbonyl (C=O) groups is 1. The van der Waals surface area contributed by atoms with Gasteiger partial charge in [0.25, 0.3) is 5.91 Å². The van der Waals surface area contributed by atoms with E-state index in [2.05, 4.69) is 56.8 Å². The SMILES string of the molecule is Cc1nnc(-c2ccc(C(=O)N3CCN(Cc4ccccc4)CCCNc4ccccc4C3)cc2)o1. The number of hydrogen-bond donors (Lipinski definition) is 1. The highest BCUT2D eigenvalue weighted by atomic mass is 16.4. The number of aromatic nitrogens is 2. The molecule has 0 aliphatic carbocycles. The molecule has 1 aromatic heterocycles. The molecule has 4 aromatic rings. The van der Waals surface area contributed by atoms with Gasteiger partial charge in [0, 0.05) is 63.0 Å². The Labute approximate surface area is 211 Å². The minimum absolute atomic E-state index is 0.0111. The minimum Gasteiger partial charge on any atom is -0.421 e. The molecule has 36 heavy (non-hydrogen) atoms. The van der Waals surface area contributed by atoms with E-state index in [9.17, 15) is 4.79 Å². The van der Waals surface area contributed by atoms with E-state index >= 15 is 0 Å². The molecule has 1 N–H and O–H groups in total. The first kappa shape index (κ1) is 23.8. The van der Waals surface area contributed by atoms with Crippen molar-refractivity contribution in [3.8, 4) is 11.5 Å². The van der Waals surface area contributed by atoms with Crippen LogP contribution in [-0.4, -0.2) is 52.1 Å². The Balaban J connectivity index is 1.38. The van der Waals surface area contributed by atoms with Gasteiger partial charge in [-0.15, -0.1) is 10.2 Å². The number of carbonyl (C=O) groups excluding carboxylic acids is 1. The van der Waals surface area contributed by atoms with Crippen LogP contribution in [0.3, 0.4) is 0 Å². The third kappa shape index (κ3) is 5.80. The van der Waals surface area contributed by atoms with Crippen LogP contribution in [0.4, 0.5) is 5.69 Å². The largest absolute Gasteiger partial charge is 0.421 e. The van der Waals surface area contributed by atoms with Crippen molar-refractivity contribution in [1.82, 2.24) is 20.0 Å². The van der Waals surface area contributed by atoms with Gasteiger partial charge >= 0.3 is 0 Å². The Bertz CT molecular complexity index is 1290. The quantitative estimate of drug-likeness (QED) is 0.442. The zero-order valence-electron chi connectivity index (χ0n) is 20.6. The van der Waals surface area contributed by atoms with Crippen LogP contribution in [0.1, 0.15) is 33.8 Å². The van der Waals surface area contributed by atoms with Crippen LogP contribution in [0.25, 0.3) is 11.5 Å². The Morgan fingerprint density at radius 3 is 2.47 bits per heavy atom. The first-order valence-electron chi connectivity index (χ1n) is 12.4. The van der Waals surface area contributed by atoms with Crippen LogP contribution in [-0.2, 0) is 13.1 Å². The molecule has 0 atom stereocenters. The zero-order valence-corrected chi connectivity index (χ0v) is 20.6. The number of benzene rings is 3. The third-order valence-electron chi connectivity index (χ3n) is 6.47. The molecule has 0 spiro atoms. The summed E-state index contributed by atoms with van der Waals surface area (Å²) in [5.41, 5.74) is 4.95. The third-order valence-corrected chi connectivity index (χ3v) is 6.47. The van der Waals surface area contributed by atoms with Gasteiger partial charge in [-0.05, 0) is 47.9 Å². The lowest BCUT2D eigenvalue weighted by atomic mass is 10.1.